The van der Waals surface area contributed by atoms with Crippen molar-refractivity contribution in [3.05, 3.63) is 53.1 Å². The van der Waals surface area contributed by atoms with Crippen LogP contribution in [-0.4, -0.2) is 54.6 Å². The molecule has 0 unspecified atom stereocenters. The minimum absolute atomic E-state index is 0.0136. The number of nitrogens with zero attached hydrogens (tertiary/aromatic N) is 2. The van der Waals surface area contributed by atoms with Crippen molar-refractivity contribution in [3.8, 4) is 5.75 Å². The molecule has 2 aromatic carbocycles. The summed E-state index contributed by atoms with van der Waals surface area (Å²) in [6.07, 6.45) is 0. The molecule has 1 fully saturated rings. The Bertz CT molecular complexity index is 1010. The van der Waals surface area contributed by atoms with Crippen LogP contribution in [0.2, 0.25) is 5.02 Å². The lowest BCUT2D eigenvalue weighted by Gasteiger charge is -2.37. The number of hydrogen-bond donors (Lipinski definition) is 2. The zero-order valence-corrected chi connectivity index (χ0v) is 20.6. The minimum atomic E-state index is -0.363. The highest BCUT2D eigenvalue weighted by Gasteiger charge is 2.24. The van der Waals surface area contributed by atoms with Gasteiger partial charge in [0, 0.05) is 37.1 Å². The van der Waals surface area contributed by atoms with Crippen molar-refractivity contribution >= 4 is 52.1 Å². The number of amides is 2. The Hall–Kier alpha value is -2.84. The Morgan fingerprint density at radius 2 is 1.76 bits per heavy atom. The van der Waals surface area contributed by atoms with Gasteiger partial charge in [-0.05, 0) is 49.5 Å². The first-order chi connectivity index (χ1) is 15.7. The van der Waals surface area contributed by atoms with E-state index >= 15 is 0 Å². The summed E-state index contributed by atoms with van der Waals surface area (Å²) in [5.41, 5.74) is 2.71. The van der Waals surface area contributed by atoms with Gasteiger partial charge >= 0.3 is 0 Å². The quantitative estimate of drug-likeness (QED) is 0.602. The zero-order chi connectivity index (χ0) is 24.0. The number of carbonyl (C=O) groups excluding carboxylic acids is 2. The summed E-state index contributed by atoms with van der Waals surface area (Å²) in [4.78, 5) is 28.6. The zero-order valence-electron chi connectivity index (χ0n) is 19.1. The van der Waals surface area contributed by atoms with E-state index in [1.807, 2.05) is 62.1 Å². The smallest absolute Gasteiger partial charge is 0.264 e. The maximum absolute atomic E-state index is 12.3. The number of benzene rings is 2. The second-order valence-corrected chi connectivity index (χ2v) is 9.08. The molecule has 9 heteroatoms. The first-order valence-electron chi connectivity index (χ1n) is 10.9. The van der Waals surface area contributed by atoms with Crippen molar-refractivity contribution in [2.45, 2.75) is 20.8 Å². The molecule has 3 rings (SSSR count). The molecule has 2 aromatic rings. The van der Waals surface area contributed by atoms with E-state index in [2.05, 4.69) is 15.5 Å². The van der Waals surface area contributed by atoms with Gasteiger partial charge in [0.15, 0.2) is 11.7 Å². The molecule has 0 bridgehead atoms. The first-order valence-corrected chi connectivity index (χ1v) is 11.6. The van der Waals surface area contributed by atoms with Crippen LogP contribution in [0, 0.1) is 12.8 Å². The molecule has 2 N–H and O–H groups in total. The second-order valence-electron chi connectivity index (χ2n) is 8.23. The maximum atomic E-state index is 12.3. The molecule has 0 radical (unpaired) electrons. The normalized spacial score (nSPS) is 13.6. The Morgan fingerprint density at radius 3 is 2.39 bits per heavy atom. The SMILES string of the molecule is Cc1ccc(OCC(=O)NC(=S)Nc2cc(Cl)ccc2N2CCN(C(=O)C(C)C)CC2)cc1. The van der Waals surface area contributed by atoms with Crippen LogP contribution in [0.4, 0.5) is 11.4 Å². The predicted molar refractivity (Wildman–Crippen MR) is 136 cm³/mol. The van der Waals surface area contributed by atoms with Crippen LogP contribution in [0.1, 0.15) is 19.4 Å². The van der Waals surface area contributed by atoms with Gasteiger partial charge in [0.1, 0.15) is 5.75 Å². The number of hydrogen-bond acceptors (Lipinski definition) is 5. The number of thiocarbonyl (C=S) groups is 1. The van der Waals surface area contributed by atoms with Crippen LogP contribution in [0.5, 0.6) is 5.75 Å². The van der Waals surface area contributed by atoms with Gasteiger partial charge in [-0.25, -0.2) is 0 Å². The van der Waals surface area contributed by atoms with E-state index in [0.717, 1.165) is 11.3 Å². The molecule has 0 aliphatic carbocycles. The van der Waals surface area contributed by atoms with Gasteiger partial charge in [-0.2, -0.15) is 0 Å². The highest BCUT2D eigenvalue weighted by molar-refractivity contribution is 7.80. The average molecular weight is 489 g/mol. The summed E-state index contributed by atoms with van der Waals surface area (Å²) in [6, 6.07) is 12.9. The van der Waals surface area contributed by atoms with Gasteiger partial charge in [-0.3, -0.25) is 14.9 Å². The van der Waals surface area contributed by atoms with Crippen molar-refractivity contribution in [1.29, 1.82) is 0 Å². The molecule has 176 valence electrons. The van der Waals surface area contributed by atoms with Crippen LogP contribution in [-0.2, 0) is 9.59 Å². The lowest BCUT2D eigenvalue weighted by molar-refractivity contribution is -0.134. The van der Waals surface area contributed by atoms with Gasteiger partial charge in [0.25, 0.3) is 5.91 Å². The van der Waals surface area contributed by atoms with E-state index in [1.165, 1.54) is 0 Å². The largest absolute Gasteiger partial charge is 0.484 e. The molecular formula is C24H29ClN4O3S. The predicted octanol–water partition coefficient (Wildman–Crippen LogP) is 3.85. The monoisotopic (exact) mass is 488 g/mol. The summed E-state index contributed by atoms with van der Waals surface area (Å²) < 4.78 is 5.50. The molecule has 0 atom stereocenters. The van der Waals surface area contributed by atoms with Crippen molar-refractivity contribution < 1.29 is 14.3 Å². The van der Waals surface area contributed by atoms with E-state index in [0.29, 0.717) is 42.6 Å². The number of ether oxygens (including phenoxy) is 1. The van der Waals surface area contributed by atoms with E-state index in [4.69, 9.17) is 28.6 Å². The number of anilines is 2. The summed E-state index contributed by atoms with van der Waals surface area (Å²) in [6.45, 7) is 8.34. The number of carbonyl (C=O) groups is 2. The number of halogens is 1. The average Bonchev–Trinajstić information content (AvgIpc) is 2.78. The van der Waals surface area contributed by atoms with Crippen LogP contribution in [0.25, 0.3) is 0 Å². The van der Waals surface area contributed by atoms with Gasteiger partial charge in [0.2, 0.25) is 5.91 Å². The number of nitrogens with one attached hydrogen (secondary N) is 2. The molecule has 2 amide bonds. The molecular weight excluding hydrogens is 460 g/mol. The highest BCUT2D eigenvalue weighted by Crippen LogP contribution is 2.30. The Labute approximate surface area is 205 Å². The second kappa shape index (κ2) is 11.3. The van der Waals surface area contributed by atoms with Crippen LogP contribution < -0.4 is 20.3 Å². The van der Waals surface area contributed by atoms with Gasteiger partial charge in [-0.15, -0.1) is 0 Å². The third-order valence-corrected chi connectivity index (χ3v) is 5.72. The number of aryl methyl sites for hydroxylation is 1. The van der Waals surface area contributed by atoms with E-state index in [-0.39, 0.29) is 29.5 Å². The molecule has 1 aliphatic rings. The lowest BCUT2D eigenvalue weighted by atomic mass is 10.1. The Kier molecular flexibility index (Phi) is 8.52. The summed E-state index contributed by atoms with van der Waals surface area (Å²) >= 11 is 11.5. The van der Waals surface area contributed by atoms with Gasteiger partial charge in [0.05, 0.1) is 11.4 Å². The van der Waals surface area contributed by atoms with Gasteiger partial charge < -0.3 is 19.9 Å². The maximum Gasteiger partial charge on any atom is 0.264 e. The molecule has 33 heavy (non-hydrogen) atoms. The standard InChI is InChI=1S/C24H29ClN4O3S/c1-16(2)23(31)29-12-10-28(11-13-29)21-9-6-18(25)14-20(21)26-24(33)27-22(30)15-32-19-7-4-17(3)5-8-19/h4-9,14,16H,10-13,15H2,1-3H3,(H2,26,27,30,33). The molecule has 1 heterocycles. The van der Waals surface area contributed by atoms with Crippen molar-refractivity contribution in [1.82, 2.24) is 10.2 Å². The number of piperazine rings is 1. The van der Waals surface area contributed by atoms with Crippen molar-refractivity contribution in [2.75, 3.05) is 43.0 Å². The van der Waals surface area contributed by atoms with Gasteiger partial charge in [-0.1, -0.05) is 43.1 Å². The third kappa shape index (κ3) is 7.07. The fourth-order valence-electron chi connectivity index (χ4n) is 3.52. The first kappa shape index (κ1) is 24.8. The molecule has 1 saturated heterocycles. The molecule has 0 aromatic heterocycles. The van der Waals surface area contributed by atoms with Crippen LogP contribution in [0.3, 0.4) is 0 Å². The number of rotatable bonds is 6. The lowest BCUT2D eigenvalue weighted by Crippen LogP contribution is -2.50. The van der Waals surface area contributed by atoms with Crippen molar-refractivity contribution in [2.24, 2.45) is 5.92 Å². The van der Waals surface area contributed by atoms with Crippen LogP contribution in [0.15, 0.2) is 42.5 Å². The fourth-order valence-corrected chi connectivity index (χ4v) is 3.91. The molecule has 0 saturated carbocycles. The van der Waals surface area contributed by atoms with E-state index in [1.54, 1.807) is 6.07 Å². The summed E-state index contributed by atoms with van der Waals surface area (Å²) in [7, 11) is 0. The minimum Gasteiger partial charge on any atom is -0.484 e. The van der Waals surface area contributed by atoms with Crippen LogP contribution >= 0.6 is 23.8 Å². The van der Waals surface area contributed by atoms with E-state index in [9.17, 15) is 9.59 Å². The Morgan fingerprint density at radius 1 is 1.09 bits per heavy atom. The summed E-state index contributed by atoms with van der Waals surface area (Å²) in [5.74, 6) is 0.403. The Balaban J connectivity index is 1.57. The topological polar surface area (TPSA) is 73.9 Å². The molecule has 7 nitrogen and oxygen atoms in total. The molecule has 0 spiro atoms. The highest BCUT2D eigenvalue weighted by atomic mass is 35.5. The molecule has 1 aliphatic heterocycles. The fraction of sp³-hybridized carbons (Fsp3) is 0.375. The summed E-state index contributed by atoms with van der Waals surface area (Å²) in [5, 5.41) is 6.42. The van der Waals surface area contributed by atoms with E-state index < -0.39 is 0 Å². The third-order valence-electron chi connectivity index (χ3n) is 5.28. The van der Waals surface area contributed by atoms with Crippen molar-refractivity contribution in [3.63, 3.8) is 0 Å².